The summed E-state index contributed by atoms with van der Waals surface area (Å²) >= 11 is 3.50. The van der Waals surface area contributed by atoms with Gasteiger partial charge in [0.05, 0.1) is 33.8 Å². The molecule has 5 nitrogen and oxygen atoms in total. The average Bonchev–Trinajstić information content (AvgIpc) is 2.62. The topological polar surface area (TPSA) is 61.5 Å². The second kappa shape index (κ2) is 8.63. The molecule has 1 unspecified atom stereocenters. The van der Waals surface area contributed by atoms with Crippen molar-refractivity contribution < 1.29 is 4.74 Å². The number of aryl methyl sites for hydroxylation is 1. The Hall–Kier alpha value is -2.39. The summed E-state index contributed by atoms with van der Waals surface area (Å²) in [6.07, 6.45) is 1.49. The molecule has 0 fully saturated rings. The Morgan fingerprint density at radius 2 is 2.16 bits per heavy atom. The molecule has 0 radical (unpaired) electrons. The molecular formula is C19H21BrN4O. The van der Waals surface area contributed by atoms with E-state index in [1.54, 1.807) is 12.4 Å². The largest absolute Gasteiger partial charge is 0.469 e. The lowest BCUT2D eigenvalue weighted by molar-refractivity contribution is 0.215. The predicted molar refractivity (Wildman–Crippen MR) is 103 cm³/mol. The Morgan fingerprint density at radius 3 is 2.84 bits per heavy atom. The van der Waals surface area contributed by atoms with E-state index >= 15 is 0 Å². The maximum atomic E-state index is 9.24. The molecule has 0 N–H and O–H groups in total. The quantitative estimate of drug-likeness (QED) is 0.517. The molecule has 0 aliphatic heterocycles. The molecule has 0 saturated heterocycles. The van der Waals surface area contributed by atoms with E-state index in [0.29, 0.717) is 11.4 Å². The number of pyridine rings is 1. The van der Waals surface area contributed by atoms with Gasteiger partial charge in [0, 0.05) is 19.2 Å². The summed E-state index contributed by atoms with van der Waals surface area (Å²) in [5, 5.41) is 9.24. The van der Waals surface area contributed by atoms with Gasteiger partial charge in [0.25, 0.3) is 0 Å². The molecule has 1 aromatic carbocycles. The minimum Gasteiger partial charge on any atom is -0.469 e. The summed E-state index contributed by atoms with van der Waals surface area (Å²) in [5.41, 5.74) is 3.00. The van der Waals surface area contributed by atoms with E-state index in [0.717, 1.165) is 28.0 Å². The Bertz CT molecular complexity index is 814. The van der Waals surface area contributed by atoms with E-state index in [1.807, 2.05) is 50.1 Å². The molecule has 6 heteroatoms. The SMILES string of the molecule is CCN(C)C=Nc1cc(Br)c(OC(C)c2ccccc2C#N)nc1C. The lowest BCUT2D eigenvalue weighted by Gasteiger charge is -2.17. The smallest absolute Gasteiger partial charge is 0.228 e. The molecule has 1 atom stereocenters. The van der Waals surface area contributed by atoms with Crippen molar-refractivity contribution in [3.05, 3.63) is 51.6 Å². The van der Waals surface area contributed by atoms with Gasteiger partial charge < -0.3 is 9.64 Å². The first kappa shape index (κ1) is 18.9. The highest BCUT2D eigenvalue weighted by molar-refractivity contribution is 9.10. The van der Waals surface area contributed by atoms with Gasteiger partial charge in [0.15, 0.2) is 0 Å². The highest BCUT2D eigenvalue weighted by atomic mass is 79.9. The monoisotopic (exact) mass is 400 g/mol. The van der Waals surface area contributed by atoms with Crippen LogP contribution in [0.15, 0.2) is 39.8 Å². The summed E-state index contributed by atoms with van der Waals surface area (Å²) in [4.78, 5) is 11.0. The summed E-state index contributed by atoms with van der Waals surface area (Å²) in [6, 6.07) is 11.5. The molecule has 0 amide bonds. The third-order valence-corrected chi connectivity index (χ3v) is 4.38. The van der Waals surface area contributed by atoms with Crippen LogP contribution in [0.4, 0.5) is 5.69 Å². The molecule has 2 rings (SSSR count). The van der Waals surface area contributed by atoms with Gasteiger partial charge in [-0.05, 0) is 48.8 Å². The standard InChI is InChI=1S/C19H21BrN4O/c1-5-24(4)12-22-18-10-17(20)19(23-13(18)2)25-14(3)16-9-7-6-8-15(16)11-21/h6-10,12,14H,5H2,1-4H3. The van der Waals surface area contributed by atoms with E-state index in [4.69, 9.17) is 4.74 Å². The maximum absolute atomic E-state index is 9.24. The van der Waals surface area contributed by atoms with Gasteiger partial charge in [-0.25, -0.2) is 9.98 Å². The average molecular weight is 401 g/mol. The number of rotatable bonds is 6. The van der Waals surface area contributed by atoms with E-state index in [9.17, 15) is 5.26 Å². The van der Waals surface area contributed by atoms with Crippen LogP contribution in [0.25, 0.3) is 0 Å². The van der Waals surface area contributed by atoms with Crippen LogP contribution in [0.5, 0.6) is 5.88 Å². The van der Waals surface area contributed by atoms with Crippen LogP contribution in [0.2, 0.25) is 0 Å². The van der Waals surface area contributed by atoms with Gasteiger partial charge in [-0.2, -0.15) is 5.26 Å². The second-order valence-electron chi connectivity index (χ2n) is 5.66. The summed E-state index contributed by atoms with van der Waals surface area (Å²) in [6.45, 7) is 6.74. The summed E-state index contributed by atoms with van der Waals surface area (Å²) < 4.78 is 6.71. The number of nitriles is 1. The zero-order valence-electron chi connectivity index (χ0n) is 14.8. The first-order valence-corrected chi connectivity index (χ1v) is 8.82. The highest BCUT2D eigenvalue weighted by Gasteiger charge is 2.15. The van der Waals surface area contributed by atoms with Crippen molar-refractivity contribution in [2.45, 2.75) is 26.9 Å². The first-order valence-electron chi connectivity index (χ1n) is 8.03. The lowest BCUT2D eigenvalue weighted by Crippen LogP contribution is -2.14. The molecule has 130 valence electrons. The third-order valence-electron chi connectivity index (χ3n) is 3.81. The molecule has 25 heavy (non-hydrogen) atoms. The number of hydrogen-bond donors (Lipinski definition) is 0. The Balaban J connectivity index is 2.25. The van der Waals surface area contributed by atoms with Gasteiger partial charge in [0.2, 0.25) is 5.88 Å². The number of ether oxygens (including phenoxy) is 1. The van der Waals surface area contributed by atoms with Crippen LogP contribution in [-0.4, -0.2) is 29.8 Å². The molecule has 0 saturated carbocycles. The van der Waals surface area contributed by atoms with Gasteiger partial charge in [-0.15, -0.1) is 0 Å². The lowest BCUT2D eigenvalue weighted by atomic mass is 10.0. The zero-order chi connectivity index (χ0) is 18.4. The van der Waals surface area contributed by atoms with Crippen LogP contribution in [-0.2, 0) is 0 Å². The number of aliphatic imine (C=N–C) groups is 1. The molecule has 0 aliphatic carbocycles. The molecule has 0 bridgehead atoms. The van der Waals surface area contributed by atoms with Gasteiger partial charge in [-0.1, -0.05) is 18.2 Å². The van der Waals surface area contributed by atoms with Crippen LogP contribution < -0.4 is 4.74 Å². The van der Waals surface area contributed by atoms with Crippen LogP contribution in [0.3, 0.4) is 0 Å². The number of halogens is 1. The van der Waals surface area contributed by atoms with Gasteiger partial charge in [0.1, 0.15) is 6.10 Å². The fourth-order valence-corrected chi connectivity index (χ4v) is 2.59. The van der Waals surface area contributed by atoms with Crippen LogP contribution in [0, 0.1) is 18.3 Å². The Morgan fingerprint density at radius 1 is 1.44 bits per heavy atom. The molecule has 0 aliphatic rings. The van der Waals surface area contributed by atoms with E-state index < -0.39 is 0 Å². The van der Waals surface area contributed by atoms with Crippen molar-refractivity contribution in [2.75, 3.05) is 13.6 Å². The minimum absolute atomic E-state index is 0.292. The number of aromatic nitrogens is 1. The van der Waals surface area contributed by atoms with Gasteiger partial charge in [-0.3, -0.25) is 0 Å². The highest BCUT2D eigenvalue weighted by Crippen LogP contribution is 2.33. The molecular weight excluding hydrogens is 380 g/mol. The van der Waals surface area contributed by atoms with Crippen molar-refractivity contribution in [3.63, 3.8) is 0 Å². The minimum atomic E-state index is -0.292. The second-order valence-corrected chi connectivity index (χ2v) is 6.51. The third kappa shape index (κ3) is 4.80. The van der Waals surface area contributed by atoms with Gasteiger partial charge >= 0.3 is 0 Å². The van der Waals surface area contributed by atoms with E-state index in [2.05, 4.69) is 38.9 Å². The molecule has 1 aromatic heterocycles. The van der Waals surface area contributed by atoms with Crippen molar-refractivity contribution >= 4 is 28.0 Å². The fourth-order valence-electron chi connectivity index (χ4n) is 2.19. The van der Waals surface area contributed by atoms with Crippen molar-refractivity contribution in [1.82, 2.24) is 9.88 Å². The summed E-state index contributed by atoms with van der Waals surface area (Å²) in [7, 11) is 1.97. The number of nitrogens with zero attached hydrogens (tertiary/aromatic N) is 4. The van der Waals surface area contributed by atoms with Crippen molar-refractivity contribution in [3.8, 4) is 11.9 Å². The van der Waals surface area contributed by atoms with E-state index in [1.165, 1.54) is 0 Å². The number of benzene rings is 1. The maximum Gasteiger partial charge on any atom is 0.228 e. The Labute approximate surface area is 157 Å². The van der Waals surface area contributed by atoms with E-state index in [-0.39, 0.29) is 6.10 Å². The predicted octanol–water partition coefficient (Wildman–Crippen LogP) is 4.78. The molecule has 0 spiro atoms. The fraction of sp³-hybridized carbons (Fsp3) is 0.316. The van der Waals surface area contributed by atoms with Crippen molar-refractivity contribution in [1.29, 1.82) is 5.26 Å². The summed E-state index contributed by atoms with van der Waals surface area (Å²) in [5.74, 6) is 0.487. The molecule has 2 aromatic rings. The van der Waals surface area contributed by atoms with Crippen LogP contribution in [0.1, 0.15) is 36.8 Å². The zero-order valence-corrected chi connectivity index (χ0v) is 16.4. The molecule has 1 heterocycles. The van der Waals surface area contributed by atoms with Crippen molar-refractivity contribution in [2.24, 2.45) is 4.99 Å². The number of hydrogen-bond acceptors (Lipinski definition) is 4. The Kier molecular flexibility index (Phi) is 6.54. The normalized spacial score (nSPS) is 12.0. The van der Waals surface area contributed by atoms with Crippen LogP contribution >= 0.6 is 15.9 Å². The first-order chi connectivity index (χ1) is 12.0.